The van der Waals surface area contributed by atoms with Crippen molar-refractivity contribution in [1.29, 1.82) is 0 Å². The van der Waals surface area contributed by atoms with E-state index in [-0.39, 0.29) is 17.5 Å². The summed E-state index contributed by atoms with van der Waals surface area (Å²) in [5, 5.41) is 3.12. The predicted octanol–water partition coefficient (Wildman–Crippen LogP) is 1.85. The highest BCUT2D eigenvalue weighted by Crippen LogP contribution is 2.23. The van der Waals surface area contributed by atoms with Gasteiger partial charge < -0.3 is 15.5 Å². The second-order valence-electron chi connectivity index (χ2n) is 6.79. The summed E-state index contributed by atoms with van der Waals surface area (Å²) in [7, 11) is 0. The second kappa shape index (κ2) is 6.62. The van der Waals surface area contributed by atoms with Gasteiger partial charge in [0.05, 0.1) is 6.26 Å². The fourth-order valence-corrected chi connectivity index (χ4v) is 3.14. The summed E-state index contributed by atoms with van der Waals surface area (Å²) in [6.07, 6.45) is 3.76. The van der Waals surface area contributed by atoms with Gasteiger partial charge in [-0.05, 0) is 38.3 Å². The Labute approximate surface area is 126 Å². The largest absolute Gasteiger partial charge is 0.459 e. The third kappa shape index (κ3) is 4.58. The van der Waals surface area contributed by atoms with E-state index in [1.54, 1.807) is 12.1 Å². The van der Waals surface area contributed by atoms with Crippen molar-refractivity contribution in [3.63, 3.8) is 0 Å². The van der Waals surface area contributed by atoms with Crippen LogP contribution < -0.4 is 11.1 Å². The Hall–Kier alpha value is -1.33. The molecular formula is C16H27N3O2. The van der Waals surface area contributed by atoms with Crippen LogP contribution in [0.25, 0.3) is 0 Å². The Kier molecular flexibility index (Phi) is 5.06. The van der Waals surface area contributed by atoms with E-state index in [2.05, 4.69) is 17.1 Å². The number of nitrogens with one attached hydrogen (secondary N) is 1. The zero-order valence-corrected chi connectivity index (χ0v) is 13.3. The molecule has 118 valence electrons. The summed E-state index contributed by atoms with van der Waals surface area (Å²) in [4.78, 5) is 14.5. The van der Waals surface area contributed by atoms with E-state index in [1.165, 1.54) is 6.26 Å². The number of carbonyl (C=O) groups excluding carboxylic acids is 1. The monoisotopic (exact) mass is 293 g/mol. The lowest BCUT2D eigenvalue weighted by Gasteiger charge is -2.26. The SMILES string of the molecule is CCC[C@H]1CN(CC(C)(C)N)C[C@@H]1NC(=O)c1ccco1. The maximum absolute atomic E-state index is 12.2. The van der Waals surface area contributed by atoms with Crippen LogP contribution in [0.2, 0.25) is 0 Å². The maximum Gasteiger partial charge on any atom is 0.287 e. The Morgan fingerprint density at radius 3 is 2.86 bits per heavy atom. The molecule has 3 N–H and O–H groups in total. The molecule has 0 radical (unpaired) electrons. The molecule has 2 heterocycles. The van der Waals surface area contributed by atoms with Gasteiger partial charge in [0.25, 0.3) is 5.91 Å². The van der Waals surface area contributed by atoms with E-state index in [1.807, 2.05) is 13.8 Å². The van der Waals surface area contributed by atoms with Crippen molar-refractivity contribution in [3.8, 4) is 0 Å². The van der Waals surface area contributed by atoms with Crippen LogP contribution in [0.15, 0.2) is 22.8 Å². The van der Waals surface area contributed by atoms with E-state index in [0.717, 1.165) is 32.5 Å². The molecule has 0 aromatic carbocycles. The van der Waals surface area contributed by atoms with Gasteiger partial charge in [-0.3, -0.25) is 9.69 Å². The normalized spacial score (nSPS) is 23.4. The Morgan fingerprint density at radius 1 is 1.52 bits per heavy atom. The van der Waals surface area contributed by atoms with Crippen molar-refractivity contribution in [1.82, 2.24) is 10.2 Å². The zero-order chi connectivity index (χ0) is 15.5. The van der Waals surface area contributed by atoms with Gasteiger partial charge in [-0.15, -0.1) is 0 Å². The van der Waals surface area contributed by atoms with Crippen LogP contribution in [0.3, 0.4) is 0 Å². The fraction of sp³-hybridized carbons (Fsp3) is 0.688. The number of nitrogens with two attached hydrogens (primary N) is 1. The van der Waals surface area contributed by atoms with Crippen LogP contribution in [0.4, 0.5) is 0 Å². The number of hydrogen-bond acceptors (Lipinski definition) is 4. The van der Waals surface area contributed by atoms with Gasteiger partial charge in [0.2, 0.25) is 0 Å². The van der Waals surface area contributed by atoms with Crippen molar-refractivity contribution in [2.75, 3.05) is 19.6 Å². The third-order valence-electron chi connectivity index (χ3n) is 3.87. The van der Waals surface area contributed by atoms with Crippen molar-refractivity contribution in [3.05, 3.63) is 24.2 Å². The molecule has 0 spiro atoms. The van der Waals surface area contributed by atoms with E-state index >= 15 is 0 Å². The number of nitrogens with zero attached hydrogens (tertiary/aromatic N) is 1. The summed E-state index contributed by atoms with van der Waals surface area (Å²) < 4.78 is 5.16. The van der Waals surface area contributed by atoms with Gasteiger partial charge in [0, 0.05) is 31.2 Å². The molecule has 1 aliphatic rings. The molecule has 0 unspecified atom stereocenters. The number of amides is 1. The first-order chi connectivity index (χ1) is 9.89. The number of carbonyl (C=O) groups is 1. The molecule has 2 rings (SSSR count). The summed E-state index contributed by atoms with van der Waals surface area (Å²) in [6, 6.07) is 3.60. The van der Waals surface area contributed by atoms with Crippen molar-refractivity contribution in [2.45, 2.75) is 45.2 Å². The number of likely N-dealkylation sites (tertiary alicyclic amines) is 1. The van der Waals surface area contributed by atoms with E-state index in [0.29, 0.717) is 11.7 Å². The average molecular weight is 293 g/mol. The molecule has 0 saturated carbocycles. The molecule has 21 heavy (non-hydrogen) atoms. The average Bonchev–Trinajstić information content (AvgIpc) is 2.98. The molecular weight excluding hydrogens is 266 g/mol. The van der Waals surface area contributed by atoms with Gasteiger partial charge in [-0.1, -0.05) is 13.3 Å². The summed E-state index contributed by atoms with van der Waals surface area (Å²) in [5.74, 6) is 0.735. The first kappa shape index (κ1) is 16.0. The van der Waals surface area contributed by atoms with Gasteiger partial charge in [-0.2, -0.15) is 0 Å². The standard InChI is InChI=1S/C16H27N3O2/c1-4-6-12-9-19(11-16(2,3)17)10-13(12)18-15(20)14-7-5-8-21-14/h5,7-8,12-13H,4,6,9-11,17H2,1-3H3,(H,18,20)/t12-,13-/m0/s1. The minimum Gasteiger partial charge on any atom is -0.459 e. The molecule has 1 aliphatic heterocycles. The zero-order valence-electron chi connectivity index (χ0n) is 13.3. The number of furan rings is 1. The Morgan fingerprint density at radius 2 is 2.29 bits per heavy atom. The highest BCUT2D eigenvalue weighted by Gasteiger charge is 2.35. The highest BCUT2D eigenvalue weighted by molar-refractivity contribution is 5.91. The van der Waals surface area contributed by atoms with E-state index in [9.17, 15) is 4.79 Å². The molecule has 1 fully saturated rings. The van der Waals surface area contributed by atoms with Crippen LogP contribution in [0.1, 0.15) is 44.2 Å². The lowest BCUT2D eigenvalue weighted by atomic mass is 9.98. The van der Waals surface area contributed by atoms with Crippen LogP contribution in [-0.4, -0.2) is 42.0 Å². The minimum absolute atomic E-state index is 0.125. The number of hydrogen-bond donors (Lipinski definition) is 2. The first-order valence-electron chi connectivity index (χ1n) is 7.74. The van der Waals surface area contributed by atoms with Gasteiger partial charge >= 0.3 is 0 Å². The molecule has 1 saturated heterocycles. The lowest BCUT2D eigenvalue weighted by molar-refractivity contribution is 0.0901. The maximum atomic E-state index is 12.2. The Balaban J connectivity index is 1.97. The van der Waals surface area contributed by atoms with Crippen LogP contribution in [-0.2, 0) is 0 Å². The molecule has 5 heteroatoms. The third-order valence-corrected chi connectivity index (χ3v) is 3.87. The fourth-order valence-electron chi connectivity index (χ4n) is 3.14. The van der Waals surface area contributed by atoms with Gasteiger partial charge in [0.1, 0.15) is 0 Å². The van der Waals surface area contributed by atoms with Crippen LogP contribution in [0, 0.1) is 5.92 Å². The highest BCUT2D eigenvalue weighted by atomic mass is 16.3. The Bertz CT molecular complexity index is 451. The first-order valence-corrected chi connectivity index (χ1v) is 7.74. The summed E-state index contributed by atoms with van der Waals surface area (Å²) >= 11 is 0. The minimum atomic E-state index is -0.212. The molecule has 1 amide bonds. The topological polar surface area (TPSA) is 71.5 Å². The smallest absolute Gasteiger partial charge is 0.287 e. The van der Waals surface area contributed by atoms with E-state index in [4.69, 9.17) is 10.2 Å². The van der Waals surface area contributed by atoms with Crippen molar-refractivity contribution in [2.24, 2.45) is 11.7 Å². The van der Waals surface area contributed by atoms with Crippen molar-refractivity contribution < 1.29 is 9.21 Å². The molecule has 2 atom stereocenters. The van der Waals surface area contributed by atoms with Crippen LogP contribution in [0.5, 0.6) is 0 Å². The molecule has 0 bridgehead atoms. The quantitative estimate of drug-likeness (QED) is 0.839. The van der Waals surface area contributed by atoms with Crippen molar-refractivity contribution >= 4 is 5.91 Å². The summed E-state index contributed by atoms with van der Waals surface area (Å²) in [5.41, 5.74) is 5.90. The number of rotatable bonds is 6. The molecule has 1 aromatic rings. The molecule has 0 aliphatic carbocycles. The van der Waals surface area contributed by atoms with Gasteiger partial charge in [-0.25, -0.2) is 0 Å². The van der Waals surface area contributed by atoms with Crippen LogP contribution >= 0.6 is 0 Å². The lowest BCUT2D eigenvalue weighted by Crippen LogP contribution is -2.46. The van der Waals surface area contributed by atoms with Gasteiger partial charge in [0.15, 0.2) is 5.76 Å². The predicted molar refractivity (Wildman–Crippen MR) is 83.1 cm³/mol. The van der Waals surface area contributed by atoms with E-state index < -0.39 is 0 Å². The molecule has 5 nitrogen and oxygen atoms in total. The summed E-state index contributed by atoms with van der Waals surface area (Å²) in [6.45, 7) is 8.96. The second-order valence-corrected chi connectivity index (χ2v) is 6.79. The molecule has 1 aromatic heterocycles.